The van der Waals surface area contributed by atoms with Crippen LogP contribution in [-0.2, 0) is 11.3 Å². The van der Waals surface area contributed by atoms with Crippen molar-refractivity contribution in [2.45, 2.75) is 19.9 Å². The molecule has 0 radical (unpaired) electrons. The molecule has 4 heteroatoms. The second-order valence-electron chi connectivity index (χ2n) is 5.05. The number of carbonyl (C=O) groups is 1. The van der Waals surface area contributed by atoms with E-state index in [2.05, 4.69) is 5.32 Å². The van der Waals surface area contributed by atoms with Crippen LogP contribution in [0.15, 0.2) is 54.6 Å². The van der Waals surface area contributed by atoms with E-state index in [-0.39, 0.29) is 11.7 Å². The first-order valence-corrected chi connectivity index (χ1v) is 7.50. The Balaban J connectivity index is 1.83. The van der Waals surface area contributed by atoms with Crippen LogP contribution in [0.5, 0.6) is 0 Å². The fraction of sp³-hybridized carbons (Fsp3) is 0.278. The fourth-order valence-corrected chi connectivity index (χ4v) is 2.25. The van der Waals surface area contributed by atoms with E-state index in [1.54, 1.807) is 23.1 Å². The molecule has 0 saturated carbocycles. The van der Waals surface area contributed by atoms with Crippen molar-refractivity contribution >= 4 is 11.6 Å². The molecule has 1 amide bonds. The van der Waals surface area contributed by atoms with Gasteiger partial charge in [0.25, 0.3) is 0 Å². The van der Waals surface area contributed by atoms with Gasteiger partial charge in [-0.2, -0.15) is 0 Å². The summed E-state index contributed by atoms with van der Waals surface area (Å²) in [4.78, 5) is 14.0. The summed E-state index contributed by atoms with van der Waals surface area (Å²) in [5, 5.41) is 2.96. The van der Waals surface area contributed by atoms with Crippen LogP contribution in [0.25, 0.3) is 0 Å². The Morgan fingerprint density at radius 1 is 1.09 bits per heavy atom. The molecule has 0 bridgehead atoms. The molecule has 0 fully saturated rings. The number of amides is 1. The Hall–Kier alpha value is -2.36. The number of hydrogen-bond acceptors (Lipinski definition) is 2. The summed E-state index contributed by atoms with van der Waals surface area (Å²) in [6, 6.07) is 16.4. The molecule has 0 aliphatic rings. The molecule has 0 aliphatic heterocycles. The number of nitrogens with zero attached hydrogens (tertiary/aromatic N) is 1. The second-order valence-corrected chi connectivity index (χ2v) is 5.05. The van der Waals surface area contributed by atoms with Crippen LogP contribution in [0.4, 0.5) is 10.1 Å². The first-order chi connectivity index (χ1) is 10.7. The van der Waals surface area contributed by atoms with Crippen molar-refractivity contribution < 1.29 is 9.18 Å². The summed E-state index contributed by atoms with van der Waals surface area (Å²) in [7, 11) is 0. The van der Waals surface area contributed by atoms with E-state index in [1.807, 2.05) is 37.3 Å². The van der Waals surface area contributed by atoms with E-state index in [0.29, 0.717) is 31.7 Å². The highest BCUT2D eigenvalue weighted by molar-refractivity contribution is 5.76. The average Bonchev–Trinajstić information content (AvgIpc) is 2.55. The first kappa shape index (κ1) is 16.0. The monoisotopic (exact) mass is 300 g/mol. The summed E-state index contributed by atoms with van der Waals surface area (Å²) in [5.74, 6) is -0.234. The van der Waals surface area contributed by atoms with Gasteiger partial charge < -0.3 is 10.2 Å². The number of carbonyl (C=O) groups excluding carboxylic acids is 1. The maximum atomic E-state index is 13.5. The number of hydrogen-bond donors (Lipinski definition) is 1. The summed E-state index contributed by atoms with van der Waals surface area (Å²) in [6.07, 6.45) is 0.342. The maximum Gasteiger partial charge on any atom is 0.224 e. The molecule has 3 nitrogen and oxygen atoms in total. The number of rotatable bonds is 7. The molecule has 0 unspecified atom stereocenters. The quantitative estimate of drug-likeness (QED) is 0.846. The number of anilines is 1. The summed E-state index contributed by atoms with van der Waals surface area (Å²) >= 11 is 0. The lowest BCUT2D eigenvalue weighted by atomic mass is 10.2. The van der Waals surface area contributed by atoms with Gasteiger partial charge in [0.15, 0.2) is 0 Å². The van der Waals surface area contributed by atoms with Crippen LogP contribution >= 0.6 is 0 Å². The third-order valence-corrected chi connectivity index (χ3v) is 3.48. The van der Waals surface area contributed by atoms with Crippen molar-refractivity contribution in [2.75, 3.05) is 18.4 Å². The Kier molecular flexibility index (Phi) is 5.95. The molecule has 0 aliphatic carbocycles. The van der Waals surface area contributed by atoms with Gasteiger partial charge in [-0.25, -0.2) is 4.39 Å². The van der Waals surface area contributed by atoms with Crippen molar-refractivity contribution in [1.29, 1.82) is 0 Å². The molecule has 0 aromatic heterocycles. The molecule has 0 spiro atoms. The van der Waals surface area contributed by atoms with Gasteiger partial charge in [-0.1, -0.05) is 42.5 Å². The fourth-order valence-electron chi connectivity index (χ4n) is 2.25. The molecule has 2 rings (SSSR count). The highest BCUT2D eigenvalue weighted by atomic mass is 19.1. The predicted molar refractivity (Wildman–Crippen MR) is 87.0 cm³/mol. The maximum absolute atomic E-state index is 13.5. The lowest BCUT2D eigenvalue weighted by Gasteiger charge is -2.21. The zero-order valence-corrected chi connectivity index (χ0v) is 12.8. The Morgan fingerprint density at radius 2 is 1.77 bits per heavy atom. The van der Waals surface area contributed by atoms with E-state index in [1.165, 1.54) is 6.07 Å². The van der Waals surface area contributed by atoms with Gasteiger partial charge >= 0.3 is 0 Å². The molecule has 2 aromatic carbocycles. The molecule has 22 heavy (non-hydrogen) atoms. The van der Waals surface area contributed by atoms with E-state index in [4.69, 9.17) is 0 Å². The minimum atomic E-state index is -0.299. The highest BCUT2D eigenvalue weighted by Crippen LogP contribution is 2.12. The van der Waals surface area contributed by atoms with E-state index in [9.17, 15) is 9.18 Å². The number of halogens is 1. The number of benzene rings is 2. The normalized spacial score (nSPS) is 10.3. The molecule has 2 aromatic rings. The van der Waals surface area contributed by atoms with Gasteiger partial charge in [-0.3, -0.25) is 4.79 Å². The molecule has 0 heterocycles. The van der Waals surface area contributed by atoms with E-state index in [0.717, 1.165) is 5.56 Å². The van der Waals surface area contributed by atoms with Crippen molar-refractivity contribution in [1.82, 2.24) is 4.90 Å². The number of para-hydroxylation sites is 1. The minimum Gasteiger partial charge on any atom is -0.382 e. The third-order valence-electron chi connectivity index (χ3n) is 3.48. The smallest absolute Gasteiger partial charge is 0.224 e. The van der Waals surface area contributed by atoms with Crippen molar-refractivity contribution in [2.24, 2.45) is 0 Å². The zero-order chi connectivity index (χ0) is 15.8. The molecular weight excluding hydrogens is 279 g/mol. The number of nitrogens with one attached hydrogen (secondary N) is 1. The largest absolute Gasteiger partial charge is 0.382 e. The van der Waals surface area contributed by atoms with Gasteiger partial charge in [0.2, 0.25) is 5.91 Å². The SMILES string of the molecule is CCN(Cc1ccccc1)C(=O)CCNc1ccccc1F. The highest BCUT2D eigenvalue weighted by Gasteiger charge is 2.12. The summed E-state index contributed by atoms with van der Waals surface area (Å²) in [6.45, 7) is 3.65. The van der Waals surface area contributed by atoms with Crippen LogP contribution in [0.3, 0.4) is 0 Å². The zero-order valence-electron chi connectivity index (χ0n) is 12.8. The second kappa shape index (κ2) is 8.17. The lowest BCUT2D eigenvalue weighted by Crippen LogP contribution is -2.31. The van der Waals surface area contributed by atoms with Crippen LogP contribution in [0.2, 0.25) is 0 Å². The summed E-state index contributed by atoms with van der Waals surface area (Å²) in [5.41, 5.74) is 1.54. The Bertz CT molecular complexity index is 601. The standard InChI is InChI=1S/C18H21FN2O/c1-2-21(14-15-8-4-3-5-9-15)18(22)12-13-20-17-11-7-6-10-16(17)19/h3-11,20H,2,12-14H2,1H3. The van der Waals surface area contributed by atoms with Crippen LogP contribution in [0, 0.1) is 5.82 Å². The van der Waals surface area contributed by atoms with Crippen LogP contribution in [-0.4, -0.2) is 23.9 Å². The van der Waals surface area contributed by atoms with Crippen LogP contribution in [0.1, 0.15) is 18.9 Å². The van der Waals surface area contributed by atoms with Crippen molar-refractivity contribution in [3.8, 4) is 0 Å². The first-order valence-electron chi connectivity index (χ1n) is 7.50. The van der Waals surface area contributed by atoms with Crippen LogP contribution < -0.4 is 5.32 Å². The van der Waals surface area contributed by atoms with Gasteiger partial charge in [0.05, 0.1) is 5.69 Å². The lowest BCUT2D eigenvalue weighted by molar-refractivity contribution is -0.131. The van der Waals surface area contributed by atoms with Crippen molar-refractivity contribution in [3.05, 3.63) is 66.0 Å². The average molecular weight is 300 g/mol. The minimum absolute atomic E-state index is 0.0650. The Morgan fingerprint density at radius 3 is 2.45 bits per heavy atom. The van der Waals surface area contributed by atoms with E-state index < -0.39 is 0 Å². The molecule has 0 atom stereocenters. The van der Waals surface area contributed by atoms with Gasteiger partial charge in [0, 0.05) is 26.1 Å². The molecule has 0 saturated heterocycles. The van der Waals surface area contributed by atoms with Crippen molar-refractivity contribution in [3.63, 3.8) is 0 Å². The van der Waals surface area contributed by atoms with E-state index >= 15 is 0 Å². The van der Waals surface area contributed by atoms with Gasteiger partial charge in [0.1, 0.15) is 5.82 Å². The molecule has 1 N–H and O–H groups in total. The predicted octanol–water partition coefficient (Wildman–Crippen LogP) is 3.68. The topological polar surface area (TPSA) is 32.3 Å². The third kappa shape index (κ3) is 4.58. The molecule has 116 valence electrons. The summed E-state index contributed by atoms with van der Waals surface area (Å²) < 4.78 is 13.5. The van der Waals surface area contributed by atoms with Gasteiger partial charge in [-0.05, 0) is 24.6 Å². The van der Waals surface area contributed by atoms with Gasteiger partial charge in [-0.15, -0.1) is 0 Å². The molecular formula is C18H21FN2O. The Labute approximate surface area is 130 Å².